The minimum Gasteiger partial charge on any atom is -0.480 e. The zero-order chi connectivity index (χ0) is 14.6. The number of carboxylic acid groups (broad SMARTS) is 1. The van der Waals surface area contributed by atoms with Crippen LogP contribution in [0.1, 0.15) is 71.1 Å². The minimum atomic E-state index is -1.00. The molecule has 2 saturated carbocycles. The quantitative estimate of drug-likeness (QED) is 0.781. The van der Waals surface area contributed by atoms with E-state index in [1.165, 1.54) is 0 Å². The van der Waals surface area contributed by atoms with Gasteiger partial charge in [0.15, 0.2) is 0 Å². The second-order valence-electron chi connectivity index (χ2n) is 6.75. The van der Waals surface area contributed by atoms with Crippen molar-refractivity contribution >= 4 is 11.9 Å². The third-order valence-corrected chi connectivity index (χ3v) is 5.12. The molecule has 114 valence electrons. The van der Waals surface area contributed by atoms with Crippen LogP contribution < -0.4 is 5.32 Å². The van der Waals surface area contributed by atoms with Crippen LogP contribution in [0.2, 0.25) is 0 Å². The van der Waals surface area contributed by atoms with Crippen molar-refractivity contribution in [2.45, 2.75) is 76.7 Å². The number of carbonyl (C=O) groups is 2. The lowest BCUT2D eigenvalue weighted by atomic mass is 9.81. The van der Waals surface area contributed by atoms with Gasteiger partial charge >= 0.3 is 5.97 Å². The van der Waals surface area contributed by atoms with Gasteiger partial charge in [-0.25, -0.2) is 4.79 Å². The van der Waals surface area contributed by atoms with Crippen molar-refractivity contribution in [3.63, 3.8) is 0 Å². The van der Waals surface area contributed by atoms with Gasteiger partial charge in [-0.3, -0.25) is 4.79 Å². The number of aliphatic carboxylic acids is 1. The van der Waals surface area contributed by atoms with Crippen LogP contribution >= 0.6 is 0 Å². The van der Waals surface area contributed by atoms with E-state index in [1.807, 2.05) is 0 Å². The maximum Gasteiger partial charge on any atom is 0.329 e. The topological polar surface area (TPSA) is 66.4 Å². The van der Waals surface area contributed by atoms with Crippen LogP contribution in [0, 0.1) is 11.8 Å². The van der Waals surface area contributed by atoms with E-state index < -0.39 is 11.5 Å². The number of nitrogens with one attached hydrogen (secondary N) is 1. The van der Waals surface area contributed by atoms with Gasteiger partial charge in [0.05, 0.1) is 0 Å². The zero-order valence-electron chi connectivity index (χ0n) is 12.5. The Labute approximate surface area is 121 Å². The monoisotopic (exact) mass is 281 g/mol. The van der Waals surface area contributed by atoms with Crippen molar-refractivity contribution in [1.82, 2.24) is 5.32 Å². The Balaban J connectivity index is 2.00. The van der Waals surface area contributed by atoms with Gasteiger partial charge < -0.3 is 10.4 Å². The fourth-order valence-electron chi connectivity index (χ4n) is 3.58. The van der Waals surface area contributed by atoms with Gasteiger partial charge in [0, 0.05) is 5.92 Å². The molecule has 0 aromatic heterocycles. The van der Waals surface area contributed by atoms with Crippen LogP contribution in [0.4, 0.5) is 0 Å². The molecule has 20 heavy (non-hydrogen) atoms. The van der Waals surface area contributed by atoms with Gasteiger partial charge in [-0.1, -0.05) is 32.6 Å². The summed E-state index contributed by atoms with van der Waals surface area (Å²) >= 11 is 0. The lowest BCUT2D eigenvalue weighted by molar-refractivity contribution is -0.149. The first kappa shape index (κ1) is 15.3. The fraction of sp³-hybridized carbons (Fsp3) is 0.875. The van der Waals surface area contributed by atoms with Gasteiger partial charge in [0.1, 0.15) is 5.54 Å². The van der Waals surface area contributed by atoms with E-state index in [0.717, 1.165) is 51.4 Å². The summed E-state index contributed by atoms with van der Waals surface area (Å²) in [5, 5.41) is 12.5. The van der Waals surface area contributed by atoms with E-state index >= 15 is 0 Å². The summed E-state index contributed by atoms with van der Waals surface area (Å²) in [4.78, 5) is 24.1. The molecule has 2 N–H and O–H groups in total. The highest BCUT2D eigenvalue weighted by Crippen LogP contribution is 2.31. The Hall–Kier alpha value is -1.06. The molecule has 4 heteroatoms. The first-order chi connectivity index (χ1) is 9.53. The molecule has 0 aliphatic heterocycles. The normalized spacial score (nSPS) is 30.2. The number of amides is 1. The summed E-state index contributed by atoms with van der Waals surface area (Å²) in [6.07, 6.45) is 9.08. The maximum atomic E-state index is 12.4. The molecule has 0 spiro atoms. The fourth-order valence-corrected chi connectivity index (χ4v) is 3.58. The van der Waals surface area contributed by atoms with Crippen LogP contribution in [0.5, 0.6) is 0 Å². The first-order valence-electron chi connectivity index (χ1n) is 8.09. The predicted molar refractivity (Wildman–Crippen MR) is 77.3 cm³/mol. The van der Waals surface area contributed by atoms with E-state index in [9.17, 15) is 14.7 Å². The van der Waals surface area contributed by atoms with Crippen molar-refractivity contribution in [3.8, 4) is 0 Å². The lowest BCUT2D eigenvalue weighted by Gasteiger charge is -2.33. The van der Waals surface area contributed by atoms with Crippen molar-refractivity contribution < 1.29 is 14.7 Å². The Bertz CT molecular complexity index is 351. The molecule has 0 heterocycles. The summed E-state index contributed by atoms with van der Waals surface area (Å²) in [6, 6.07) is 0. The van der Waals surface area contributed by atoms with E-state index in [-0.39, 0.29) is 11.8 Å². The molecule has 0 radical (unpaired) electrons. The Morgan fingerprint density at radius 3 is 2.05 bits per heavy atom. The highest BCUT2D eigenvalue weighted by atomic mass is 16.4. The molecule has 2 aliphatic carbocycles. The van der Waals surface area contributed by atoms with Crippen molar-refractivity contribution in [1.29, 1.82) is 0 Å². The Kier molecular flexibility index (Phi) is 5.06. The number of rotatable bonds is 3. The Morgan fingerprint density at radius 2 is 1.55 bits per heavy atom. The molecule has 0 bridgehead atoms. The van der Waals surface area contributed by atoms with E-state index in [0.29, 0.717) is 18.8 Å². The molecular weight excluding hydrogens is 254 g/mol. The van der Waals surface area contributed by atoms with Gasteiger partial charge in [0.25, 0.3) is 0 Å². The molecule has 2 rings (SSSR count). The third-order valence-electron chi connectivity index (χ3n) is 5.12. The first-order valence-corrected chi connectivity index (χ1v) is 8.09. The van der Waals surface area contributed by atoms with Crippen LogP contribution in [0.25, 0.3) is 0 Å². The van der Waals surface area contributed by atoms with Crippen molar-refractivity contribution in [2.24, 2.45) is 11.8 Å². The van der Waals surface area contributed by atoms with Gasteiger partial charge in [0.2, 0.25) is 5.91 Å². The van der Waals surface area contributed by atoms with Gasteiger partial charge in [-0.15, -0.1) is 0 Å². The molecule has 4 nitrogen and oxygen atoms in total. The highest BCUT2D eigenvalue weighted by molar-refractivity contribution is 5.88. The zero-order valence-corrected chi connectivity index (χ0v) is 12.5. The molecule has 2 fully saturated rings. The molecule has 1 amide bonds. The van der Waals surface area contributed by atoms with Crippen LogP contribution in [0.3, 0.4) is 0 Å². The summed E-state index contributed by atoms with van der Waals surface area (Å²) in [5.41, 5.74) is -1.00. The SMILES string of the molecule is CC1CCC(C(=O)NC2(C(=O)O)CCCCCC2)CC1. The molecule has 0 saturated heterocycles. The molecular formula is C16H27NO3. The highest BCUT2D eigenvalue weighted by Gasteiger charge is 2.41. The smallest absolute Gasteiger partial charge is 0.329 e. The number of carbonyl (C=O) groups excluding carboxylic acids is 1. The molecule has 0 unspecified atom stereocenters. The van der Waals surface area contributed by atoms with Crippen LogP contribution in [-0.2, 0) is 9.59 Å². The third kappa shape index (κ3) is 3.53. The number of hydrogen-bond acceptors (Lipinski definition) is 2. The van der Waals surface area contributed by atoms with Gasteiger partial charge in [-0.05, 0) is 44.4 Å². The lowest BCUT2D eigenvalue weighted by Crippen LogP contribution is -2.55. The maximum absolute atomic E-state index is 12.4. The largest absolute Gasteiger partial charge is 0.480 e. The standard InChI is InChI=1S/C16H27NO3/c1-12-6-8-13(9-7-12)14(18)17-16(15(19)20)10-4-2-3-5-11-16/h12-13H,2-11H2,1H3,(H,17,18)(H,19,20). The van der Waals surface area contributed by atoms with E-state index in [2.05, 4.69) is 12.2 Å². The van der Waals surface area contributed by atoms with Crippen LogP contribution in [-0.4, -0.2) is 22.5 Å². The second kappa shape index (κ2) is 6.59. The minimum absolute atomic E-state index is 0.0191. The molecule has 0 aromatic rings. The molecule has 0 atom stereocenters. The number of hydrogen-bond donors (Lipinski definition) is 2. The van der Waals surface area contributed by atoms with Gasteiger partial charge in [-0.2, -0.15) is 0 Å². The van der Waals surface area contributed by atoms with Crippen LogP contribution in [0.15, 0.2) is 0 Å². The summed E-state index contributed by atoms with van der Waals surface area (Å²) in [7, 11) is 0. The Morgan fingerprint density at radius 1 is 1.00 bits per heavy atom. The van der Waals surface area contributed by atoms with Crippen molar-refractivity contribution in [2.75, 3.05) is 0 Å². The predicted octanol–water partition coefficient (Wildman–Crippen LogP) is 3.11. The summed E-state index contributed by atoms with van der Waals surface area (Å²) < 4.78 is 0. The average molecular weight is 281 g/mol. The summed E-state index contributed by atoms with van der Waals surface area (Å²) in [6.45, 7) is 2.22. The van der Waals surface area contributed by atoms with E-state index in [1.54, 1.807) is 0 Å². The second-order valence-corrected chi connectivity index (χ2v) is 6.75. The van der Waals surface area contributed by atoms with Crippen molar-refractivity contribution in [3.05, 3.63) is 0 Å². The summed E-state index contributed by atoms with van der Waals surface area (Å²) in [5.74, 6) is -0.158. The molecule has 0 aromatic carbocycles. The molecule has 2 aliphatic rings. The number of carboxylic acids is 1. The van der Waals surface area contributed by atoms with E-state index in [4.69, 9.17) is 0 Å². The average Bonchev–Trinajstić information content (AvgIpc) is 2.66.